The molecule has 0 aromatic carbocycles. The van der Waals surface area contributed by atoms with E-state index in [2.05, 4.69) is 12.2 Å². The lowest BCUT2D eigenvalue weighted by molar-refractivity contribution is -0.125. The van der Waals surface area contributed by atoms with Crippen LogP contribution < -0.4 is 11.1 Å². The summed E-state index contributed by atoms with van der Waals surface area (Å²) in [5, 5.41) is 3.18. The third-order valence-corrected chi connectivity index (χ3v) is 4.02. The first-order valence-electron chi connectivity index (χ1n) is 7.15. The van der Waals surface area contributed by atoms with Gasteiger partial charge in [-0.1, -0.05) is 26.2 Å². The van der Waals surface area contributed by atoms with Crippen LogP contribution in [-0.4, -0.2) is 18.5 Å². The van der Waals surface area contributed by atoms with E-state index in [1.807, 2.05) is 6.92 Å². The molecule has 0 heterocycles. The van der Waals surface area contributed by atoms with Crippen LogP contribution in [-0.2, 0) is 4.79 Å². The van der Waals surface area contributed by atoms with Gasteiger partial charge >= 0.3 is 0 Å². The number of rotatable bonds is 6. The van der Waals surface area contributed by atoms with E-state index in [1.165, 1.54) is 32.1 Å². The van der Waals surface area contributed by atoms with E-state index >= 15 is 0 Å². The SMILES string of the molecule is CC(CCCN)C(=O)NC(C)C1CCCCC1. The van der Waals surface area contributed by atoms with Gasteiger partial charge in [0.05, 0.1) is 0 Å². The minimum absolute atomic E-state index is 0.101. The van der Waals surface area contributed by atoms with Crippen LogP contribution in [0.2, 0.25) is 0 Å². The van der Waals surface area contributed by atoms with Gasteiger partial charge in [-0.05, 0) is 45.1 Å². The van der Waals surface area contributed by atoms with Crippen molar-refractivity contribution in [1.82, 2.24) is 5.32 Å². The number of carbonyl (C=O) groups is 1. The van der Waals surface area contributed by atoms with Crippen molar-refractivity contribution in [2.24, 2.45) is 17.6 Å². The lowest BCUT2D eigenvalue weighted by Gasteiger charge is -2.29. The Kier molecular flexibility index (Phi) is 6.56. The monoisotopic (exact) mass is 240 g/mol. The summed E-state index contributed by atoms with van der Waals surface area (Å²) in [5.41, 5.74) is 5.46. The molecular formula is C14H28N2O. The molecular weight excluding hydrogens is 212 g/mol. The molecule has 0 saturated heterocycles. The van der Waals surface area contributed by atoms with Crippen LogP contribution in [0.1, 0.15) is 58.8 Å². The zero-order valence-electron chi connectivity index (χ0n) is 11.4. The second-order valence-corrected chi connectivity index (χ2v) is 5.53. The molecule has 1 aliphatic carbocycles. The van der Waals surface area contributed by atoms with Crippen LogP contribution in [0.4, 0.5) is 0 Å². The Morgan fingerprint density at radius 1 is 1.29 bits per heavy atom. The molecule has 1 fully saturated rings. The summed E-state index contributed by atoms with van der Waals surface area (Å²) in [4.78, 5) is 12.0. The molecule has 2 atom stereocenters. The largest absolute Gasteiger partial charge is 0.353 e. The smallest absolute Gasteiger partial charge is 0.223 e. The molecule has 1 aliphatic rings. The van der Waals surface area contributed by atoms with Gasteiger partial charge in [0.15, 0.2) is 0 Å². The van der Waals surface area contributed by atoms with Gasteiger partial charge in [0.2, 0.25) is 5.91 Å². The normalized spacial score (nSPS) is 20.9. The standard InChI is InChI=1S/C14H28N2O/c1-11(7-6-10-15)14(17)16-12(2)13-8-4-3-5-9-13/h11-13H,3-10,15H2,1-2H3,(H,16,17). The summed E-state index contributed by atoms with van der Waals surface area (Å²) in [6.07, 6.45) is 8.41. The molecule has 2 unspecified atom stereocenters. The topological polar surface area (TPSA) is 55.1 Å². The Morgan fingerprint density at radius 2 is 1.94 bits per heavy atom. The first-order chi connectivity index (χ1) is 8.15. The number of carbonyl (C=O) groups excluding carboxylic acids is 1. The van der Waals surface area contributed by atoms with Crippen molar-refractivity contribution < 1.29 is 4.79 Å². The second-order valence-electron chi connectivity index (χ2n) is 5.53. The molecule has 0 spiro atoms. The molecule has 0 aromatic heterocycles. The molecule has 0 bridgehead atoms. The fourth-order valence-electron chi connectivity index (χ4n) is 2.67. The molecule has 0 radical (unpaired) electrons. The van der Waals surface area contributed by atoms with Crippen molar-refractivity contribution in [2.45, 2.75) is 64.8 Å². The van der Waals surface area contributed by atoms with Crippen LogP contribution in [0.3, 0.4) is 0 Å². The first kappa shape index (κ1) is 14.5. The number of nitrogens with two attached hydrogens (primary N) is 1. The molecule has 1 rings (SSSR count). The highest BCUT2D eigenvalue weighted by atomic mass is 16.1. The van der Waals surface area contributed by atoms with Crippen molar-refractivity contribution >= 4 is 5.91 Å². The lowest BCUT2D eigenvalue weighted by atomic mass is 9.84. The van der Waals surface area contributed by atoms with Crippen molar-refractivity contribution in [2.75, 3.05) is 6.54 Å². The Labute approximate surface area is 106 Å². The van der Waals surface area contributed by atoms with Gasteiger partial charge < -0.3 is 11.1 Å². The minimum atomic E-state index is 0.101. The van der Waals surface area contributed by atoms with Crippen molar-refractivity contribution in [3.63, 3.8) is 0 Å². The zero-order chi connectivity index (χ0) is 12.7. The molecule has 0 aromatic rings. The summed E-state index contributed by atoms with van der Waals surface area (Å²) in [6.45, 7) is 4.83. The number of amides is 1. The molecule has 1 amide bonds. The highest BCUT2D eigenvalue weighted by Gasteiger charge is 2.22. The first-order valence-corrected chi connectivity index (χ1v) is 7.15. The molecule has 17 heavy (non-hydrogen) atoms. The minimum Gasteiger partial charge on any atom is -0.353 e. The van der Waals surface area contributed by atoms with Crippen LogP contribution >= 0.6 is 0 Å². The van der Waals surface area contributed by atoms with Crippen LogP contribution in [0.25, 0.3) is 0 Å². The lowest BCUT2D eigenvalue weighted by Crippen LogP contribution is -2.41. The maximum Gasteiger partial charge on any atom is 0.223 e. The maximum absolute atomic E-state index is 12.0. The summed E-state index contributed by atoms with van der Waals surface area (Å²) < 4.78 is 0. The van der Waals surface area contributed by atoms with E-state index in [0.29, 0.717) is 18.5 Å². The van der Waals surface area contributed by atoms with E-state index in [1.54, 1.807) is 0 Å². The highest BCUT2D eigenvalue weighted by molar-refractivity contribution is 5.78. The number of hydrogen-bond donors (Lipinski definition) is 2. The molecule has 100 valence electrons. The van der Waals surface area contributed by atoms with Crippen molar-refractivity contribution in [1.29, 1.82) is 0 Å². The van der Waals surface area contributed by atoms with Gasteiger partial charge in [0, 0.05) is 12.0 Å². The second kappa shape index (κ2) is 7.70. The number of nitrogens with one attached hydrogen (secondary N) is 1. The van der Waals surface area contributed by atoms with E-state index in [0.717, 1.165) is 12.8 Å². The van der Waals surface area contributed by atoms with Crippen LogP contribution in [0.15, 0.2) is 0 Å². The zero-order valence-corrected chi connectivity index (χ0v) is 11.4. The highest BCUT2D eigenvalue weighted by Crippen LogP contribution is 2.26. The van der Waals surface area contributed by atoms with Gasteiger partial charge in [0.25, 0.3) is 0 Å². The van der Waals surface area contributed by atoms with Crippen LogP contribution in [0.5, 0.6) is 0 Å². The van der Waals surface area contributed by atoms with Crippen molar-refractivity contribution in [3.8, 4) is 0 Å². The maximum atomic E-state index is 12.0. The Morgan fingerprint density at radius 3 is 2.53 bits per heavy atom. The Hall–Kier alpha value is -0.570. The Bertz CT molecular complexity index is 224. The van der Waals surface area contributed by atoms with E-state index in [4.69, 9.17) is 5.73 Å². The van der Waals surface area contributed by atoms with E-state index in [9.17, 15) is 4.79 Å². The Balaban J connectivity index is 2.28. The van der Waals surface area contributed by atoms with Gasteiger partial charge in [0.1, 0.15) is 0 Å². The quantitative estimate of drug-likeness (QED) is 0.749. The molecule has 3 nitrogen and oxygen atoms in total. The van der Waals surface area contributed by atoms with Gasteiger partial charge in [-0.15, -0.1) is 0 Å². The summed E-state index contributed by atoms with van der Waals surface area (Å²) in [6, 6.07) is 0.336. The predicted molar refractivity (Wildman–Crippen MR) is 71.6 cm³/mol. The molecule has 0 aliphatic heterocycles. The average molecular weight is 240 g/mol. The predicted octanol–water partition coefficient (Wildman–Crippen LogP) is 2.45. The van der Waals surface area contributed by atoms with E-state index < -0.39 is 0 Å². The third-order valence-electron chi connectivity index (χ3n) is 4.02. The summed E-state index contributed by atoms with van der Waals surface area (Å²) >= 11 is 0. The number of hydrogen-bond acceptors (Lipinski definition) is 2. The molecule has 1 saturated carbocycles. The van der Waals surface area contributed by atoms with Gasteiger partial charge in [-0.2, -0.15) is 0 Å². The van der Waals surface area contributed by atoms with E-state index in [-0.39, 0.29) is 11.8 Å². The van der Waals surface area contributed by atoms with Gasteiger partial charge in [-0.25, -0.2) is 0 Å². The van der Waals surface area contributed by atoms with Crippen LogP contribution in [0, 0.1) is 11.8 Å². The average Bonchev–Trinajstić information content (AvgIpc) is 2.36. The summed E-state index contributed by atoms with van der Waals surface area (Å²) in [7, 11) is 0. The fraction of sp³-hybridized carbons (Fsp3) is 0.929. The van der Waals surface area contributed by atoms with Crippen molar-refractivity contribution in [3.05, 3.63) is 0 Å². The summed E-state index contributed by atoms with van der Waals surface area (Å²) in [5.74, 6) is 0.996. The fourth-order valence-corrected chi connectivity index (χ4v) is 2.67. The molecule has 3 heteroatoms. The third kappa shape index (κ3) is 5.07. The molecule has 3 N–H and O–H groups in total. The van der Waals surface area contributed by atoms with Gasteiger partial charge in [-0.3, -0.25) is 4.79 Å².